The molecule has 0 saturated carbocycles. The van der Waals surface area contributed by atoms with Crippen LogP contribution in [0.3, 0.4) is 0 Å². The van der Waals surface area contributed by atoms with Gasteiger partial charge in [0.1, 0.15) is 33.9 Å². The Morgan fingerprint density at radius 1 is 1.15 bits per heavy atom. The summed E-state index contributed by atoms with van der Waals surface area (Å²) in [5, 5.41) is 20.8. The molecule has 130 valence electrons. The lowest BCUT2D eigenvalue weighted by Gasteiger charge is -2.09. The van der Waals surface area contributed by atoms with Crippen molar-refractivity contribution >= 4 is 32.8 Å². The van der Waals surface area contributed by atoms with Crippen LogP contribution in [0, 0.1) is 11.3 Å². The molecule has 0 unspecified atom stereocenters. The smallest absolute Gasteiger partial charge is 0.279 e. The normalized spacial score (nSPS) is 11.6. The first kappa shape index (κ1) is 17.5. The summed E-state index contributed by atoms with van der Waals surface area (Å²) in [6, 6.07) is 13.7. The molecular formula is C19H14N2O4S. The largest absolute Gasteiger partial charge is 0.506 e. The molecule has 0 saturated heterocycles. The number of aliphatic hydroxyl groups excluding tert-OH is 1. The number of ether oxygens (including phenoxy) is 2. The molecule has 0 spiro atoms. The van der Waals surface area contributed by atoms with Gasteiger partial charge < -0.3 is 14.6 Å². The van der Waals surface area contributed by atoms with Crippen molar-refractivity contribution in [2.45, 2.75) is 0 Å². The summed E-state index contributed by atoms with van der Waals surface area (Å²) in [6.07, 6.45) is 0. The molecule has 0 bridgehead atoms. The van der Waals surface area contributed by atoms with Gasteiger partial charge in [0.25, 0.3) is 5.56 Å². The van der Waals surface area contributed by atoms with Gasteiger partial charge in [-0.2, -0.15) is 10.2 Å². The Balaban J connectivity index is 2.22. The summed E-state index contributed by atoms with van der Waals surface area (Å²) in [5.41, 5.74) is -0.210. The van der Waals surface area contributed by atoms with Gasteiger partial charge in [0, 0.05) is 16.3 Å². The van der Waals surface area contributed by atoms with Crippen LogP contribution in [0.2, 0.25) is 0 Å². The SMILES string of the molecule is COc1cc(OC)cc(C(O)=C(C#N)c2nc(=O)c3ccccc3s2)c1. The van der Waals surface area contributed by atoms with Gasteiger partial charge in [-0.3, -0.25) is 4.79 Å². The molecule has 0 amide bonds. The highest BCUT2D eigenvalue weighted by molar-refractivity contribution is 7.19. The predicted octanol–water partition coefficient (Wildman–Crippen LogP) is 3.62. The zero-order valence-corrected chi connectivity index (χ0v) is 14.8. The third-order valence-electron chi connectivity index (χ3n) is 3.71. The Kier molecular flexibility index (Phi) is 4.87. The molecule has 0 atom stereocenters. The fourth-order valence-corrected chi connectivity index (χ4v) is 3.40. The van der Waals surface area contributed by atoms with Crippen LogP contribution >= 0.6 is 11.3 Å². The molecule has 7 heteroatoms. The lowest BCUT2D eigenvalue weighted by atomic mass is 10.1. The second-order valence-corrected chi connectivity index (χ2v) is 6.29. The molecule has 0 aliphatic rings. The predicted molar refractivity (Wildman–Crippen MR) is 100 cm³/mol. The maximum atomic E-state index is 12.2. The van der Waals surface area contributed by atoms with Crippen molar-refractivity contribution in [2.24, 2.45) is 0 Å². The van der Waals surface area contributed by atoms with Gasteiger partial charge in [-0.25, -0.2) is 0 Å². The standard InChI is InChI=1S/C19H14N2O4S/c1-24-12-7-11(8-13(9-12)25-2)17(22)15(10-20)19-21-18(23)14-5-3-4-6-16(14)26-19/h3-9,22H,1-2H3. The Morgan fingerprint density at radius 2 is 1.81 bits per heavy atom. The highest BCUT2D eigenvalue weighted by Crippen LogP contribution is 2.31. The number of nitriles is 1. The number of nitrogens with zero attached hydrogens (tertiary/aromatic N) is 2. The van der Waals surface area contributed by atoms with Crippen molar-refractivity contribution < 1.29 is 14.6 Å². The molecule has 26 heavy (non-hydrogen) atoms. The maximum absolute atomic E-state index is 12.2. The Morgan fingerprint density at radius 3 is 2.42 bits per heavy atom. The molecule has 2 aromatic carbocycles. The monoisotopic (exact) mass is 366 g/mol. The highest BCUT2D eigenvalue weighted by Gasteiger charge is 2.16. The molecular weight excluding hydrogens is 352 g/mol. The van der Waals surface area contributed by atoms with Crippen LogP contribution in [-0.4, -0.2) is 24.3 Å². The molecule has 1 N–H and O–H groups in total. The third kappa shape index (κ3) is 3.23. The maximum Gasteiger partial charge on any atom is 0.279 e. The van der Waals surface area contributed by atoms with Crippen LogP contribution in [0.5, 0.6) is 11.5 Å². The summed E-state index contributed by atoms with van der Waals surface area (Å²) in [4.78, 5) is 16.2. The van der Waals surface area contributed by atoms with Crippen molar-refractivity contribution in [3.8, 4) is 17.6 Å². The average Bonchev–Trinajstić information content (AvgIpc) is 2.68. The number of aromatic nitrogens is 1. The lowest BCUT2D eigenvalue weighted by Crippen LogP contribution is -2.07. The van der Waals surface area contributed by atoms with E-state index in [1.807, 2.05) is 6.07 Å². The van der Waals surface area contributed by atoms with E-state index in [2.05, 4.69) is 4.98 Å². The summed E-state index contributed by atoms with van der Waals surface area (Å²) in [7, 11) is 2.97. The van der Waals surface area contributed by atoms with E-state index in [1.54, 1.807) is 42.5 Å². The second kappa shape index (κ2) is 7.25. The average molecular weight is 366 g/mol. The molecule has 1 aromatic heterocycles. The third-order valence-corrected chi connectivity index (χ3v) is 4.78. The summed E-state index contributed by atoms with van der Waals surface area (Å²) in [5.74, 6) is 0.619. The van der Waals surface area contributed by atoms with E-state index in [-0.39, 0.29) is 16.3 Å². The van der Waals surface area contributed by atoms with Crippen LogP contribution < -0.4 is 15.0 Å². The molecule has 0 radical (unpaired) electrons. The van der Waals surface area contributed by atoms with Gasteiger partial charge in [0.05, 0.1) is 19.6 Å². The van der Waals surface area contributed by atoms with Crippen LogP contribution in [0.4, 0.5) is 0 Å². The van der Waals surface area contributed by atoms with E-state index in [4.69, 9.17) is 9.47 Å². The molecule has 0 aliphatic carbocycles. The van der Waals surface area contributed by atoms with Crippen LogP contribution in [0.25, 0.3) is 21.4 Å². The van der Waals surface area contributed by atoms with E-state index in [0.29, 0.717) is 27.1 Å². The first-order chi connectivity index (χ1) is 12.6. The molecule has 3 rings (SSSR count). The molecule has 6 nitrogen and oxygen atoms in total. The fourth-order valence-electron chi connectivity index (χ4n) is 2.41. The summed E-state index contributed by atoms with van der Waals surface area (Å²) < 4.78 is 11.1. The van der Waals surface area contributed by atoms with Crippen LogP contribution in [0.15, 0.2) is 47.3 Å². The van der Waals surface area contributed by atoms with E-state index in [0.717, 1.165) is 11.3 Å². The minimum Gasteiger partial charge on any atom is -0.506 e. The van der Waals surface area contributed by atoms with E-state index >= 15 is 0 Å². The first-order valence-corrected chi connectivity index (χ1v) is 8.36. The van der Waals surface area contributed by atoms with E-state index in [9.17, 15) is 15.2 Å². The molecule has 0 aliphatic heterocycles. The number of benzene rings is 2. The summed E-state index contributed by atoms with van der Waals surface area (Å²) in [6.45, 7) is 0. The Labute approximate surface area is 153 Å². The topological polar surface area (TPSA) is 92.4 Å². The zero-order chi connectivity index (χ0) is 18.7. The zero-order valence-electron chi connectivity index (χ0n) is 14.0. The van der Waals surface area contributed by atoms with Crippen molar-refractivity contribution in [1.82, 2.24) is 4.98 Å². The van der Waals surface area contributed by atoms with E-state index in [1.165, 1.54) is 14.2 Å². The number of hydrogen-bond donors (Lipinski definition) is 1. The fraction of sp³-hybridized carbons (Fsp3) is 0.105. The minimum absolute atomic E-state index is 0.0897. The molecule has 1 heterocycles. The van der Waals surface area contributed by atoms with E-state index < -0.39 is 5.56 Å². The minimum atomic E-state index is -0.446. The highest BCUT2D eigenvalue weighted by atomic mass is 32.1. The summed E-state index contributed by atoms with van der Waals surface area (Å²) >= 11 is 1.16. The number of hydrogen-bond acceptors (Lipinski definition) is 7. The molecule has 3 aromatic rings. The Bertz CT molecular complexity index is 1090. The van der Waals surface area contributed by atoms with Crippen LogP contribution in [0.1, 0.15) is 10.6 Å². The van der Waals surface area contributed by atoms with Crippen molar-refractivity contribution in [2.75, 3.05) is 14.2 Å². The quantitative estimate of drug-likeness (QED) is 0.560. The molecule has 0 fully saturated rings. The van der Waals surface area contributed by atoms with Gasteiger partial charge in [0.2, 0.25) is 0 Å². The van der Waals surface area contributed by atoms with Gasteiger partial charge in [-0.05, 0) is 24.3 Å². The van der Waals surface area contributed by atoms with Gasteiger partial charge in [0.15, 0.2) is 0 Å². The van der Waals surface area contributed by atoms with Crippen molar-refractivity contribution in [1.29, 1.82) is 5.26 Å². The van der Waals surface area contributed by atoms with Crippen molar-refractivity contribution in [3.05, 3.63) is 63.4 Å². The Hall–Kier alpha value is -3.37. The van der Waals surface area contributed by atoms with Crippen molar-refractivity contribution in [3.63, 3.8) is 0 Å². The lowest BCUT2D eigenvalue weighted by molar-refractivity contribution is 0.393. The van der Waals surface area contributed by atoms with Gasteiger partial charge >= 0.3 is 0 Å². The van der Waals surface area contributed by atoms with Gasteiger partial charge in [-0.15, -0.1) is 11.3 Å². The van der Waals surface area contributed by atoms with Gasteiger partial charge in [-0.1, -0.05) is 12.1 Å². The number of fused-ring (bicyclic) bond motifs is 1. The number of aliphatic hydroxyl groups is 1. The first-order valence-electron chi connectivity index (χ1n) is 7.54. The number of methoxy groups -OCH3 is 2. The number of rotatable bonds is 4. The number of allylic oxidation sites excluding steroid dienone is 1. The van der Waals surface area contributed by atoms with Crippen LogP contribution in [-0.2, 0) is 0 Å². The second-order valence-electron chi connectivity index (χ2n) is 5.26.